The molecule has 0 fully saturated rings. The Morgan fingerprint density at radius 2 is 1.41 bits per heavy atom. The monoisotopic (exact) mass is 456 g/mol. The van der Waals surface area contributed by atoms with Crippen LogP contribution in [0.4, 0.5) is 5.69 Å². The highest BCUT2D eigenvalue weighted by atomic mass is 16.7. The summed E-state index contributed by atoms with van der Waals surface area (Å²) in [6.07, 6.45) is 0.422. The van der Waals surface area contributed by atoms with E-state index in [9.17, 15) is 19.5 Å². The number of anilines is 1. The van der Waals surface area contributed by atoms with Gasteiger partial charge in [-0.3, -0.25) is 19.3 Å². The number of amides is 3. The van der Waals surface area contributed by atoms with Crippen molar-refractivity contribution in [2.45, 2.75) is 12.3 Å². The van der Waals surface area contributed by atoms with Crippen LogP contribution in [0.2, 0.25) is 0 Å². The van der Waals surface area contributed by atoms with E-state index in [0.717, 1.165) is 11.3 Å². The largest absolute Gasteiger partial charge is 0.507 e. The molecule has 0 bridgehead atoms. The van der Waals surface area contributed by atoms with Crippen LogP contribution in [0.25, 0.3) is 0 Å². The molecule has 170 valence electrons. The van der Waals surface area contributed by atoms with Gasteiger partial charge >= 0.3 is 0 Å². The van der Waals surface area contributed by atoms with E-state index in [1.807, 2.05) is 24.3 Å². The third-order valence-electron chi connectivity index (χ3n) is 6.53. The van der Waals surface area contributed by atoms with Crippen LogP contribution in [0.5, 0.6) is 17.2 Å². The van der Waals surface area contributed by atoms with Crippen LogP contribution in [0.15, 0.2) is 60.7 Å². The molecule has 3 aromatic carbocycles. The van der Waals surface area contributed by atoms with E-state index in [2.05, 4.69) is 0 Å². The zero-order chi connectivity index (χ0) is 23.4. The Morgan fingerprint density at radius 1 is 0.794 bits per heavy atom. The van der Waals surface area contributed by atoms with Crippen LogP contribution >= 0.6 is 0 Å². The van der Waals surface area contributed by atoms with Crippen molar-refractivity contribution in [3.63, 3.8) is 0 Å². The van der Waals surface area contributed by atoms with E-state index in [1.54, 1.807) is 35.2 Å². The second-order valence-corrected chi connectivity index (χ2v) is 8.41. The molecule has 0 aliphatic carbocycles. The quantitative estimate of drug-likeness (QED) is 0.592. The predicted molar refractivity (Wildman–Crippen MR) is 121 cm³/mol. The van der Waals surface area contributed by atoms with Gasteiger partial charge in [-0.15, -0.1) is 0 Å². The average molecular weight is 456 g/mol. The summed E-state index contributed by atoms with van der Waals surface area (Å²) in [6.45, 7) is 0.598. The molecule has 1 N–H and O–H groups in total. The van der Waals surface area contributed by atoms with Gasteiger partial charge in [0.1, 0.15) is 5.75 Å². The Kier molecular flexibility index (Phi) is 4.55. The van der Waals surface area contributed by atoms with E-state index in [4.69, 9.17) is 9.47 Å². The Morgan fingerprint density at radius 3 is 2.15 bits per heavy atom. The molecular weight excluding hydrogens is 436 g/mol. The maximum atomic E-state index is 13.5. The number of fused-ring (bicyclic) bond motifs is 3. The lowest BCUT2D eigenvalue weighted by Gasteiger charge is -2.20. The first-order valence-electron chi connectivity index (χ1n) is 11.0. The van der Waals surface area contributed by atoms with Gasteiger partial charge in [0.25, 0.3) is 11.8 Å². The van der Waals surface area contributed by atoms with Crippen molar-refractivity contribution < 1.29 is 29.0 Å². The summed E-state index contributed by atoms with van der Waals surface area (Å²) in [6, 6.07) is 17.3. The second kappa shape index (κ2) is 7.62. The van der Waals surface area contributed by atoms with E-state index in [1.165, 1.54) is 11.0 Å². The number of ether oxygens (including phenoxy) is 2. The van der Waals surface area contributed by atoms with Crippen LogP contribution < -0.4 is 14.4 Å². The minimum Gasteiger partial charge on any atom is -0.507 e. The van der Waals surface area contributed by atoms with Crippen molar-refractivity contribution in [1.29, 1.82) is 0 Å². The van der Waals surface area contributed by atoms with Crippen molar-refractivity contribution >= 4 is 23.4 Å². The molecule has 0 spiro atoms. The van der Waals surface area contributed by atoms with Gasteiger partial charge in [0.2, 0.25) is 12.7 Å². The maximum Gasteiger partial charge on any atom is 0.261 e. The molecule has 34 heavy (non-hydrogen) atoms. The predicted octanol–water partition coefficient (Wildman–Crippen LogP) is 3.29. The first-order chi connectivity index (χ1) is 16.5. The summed E-state index contributed by atoms with van der Waals surface area (Å²) in [5.41, 5.74) is 2.80. The number of hydrogen-bond donors (Lipinski definition) is 1. The summed E-state index contributed by atoms with van der Waals surface area (Å²) >= 11 is 0. The fourth-order valence-electron chi connectivity index (χ4n) is 4.92. The molecule has 3 heterocycles. The number of rotatable bonds is 5. The highest BCUT2D eigenvalue weighted by molar-refractivity contribution is 6.21. The lowest BCUT2D eigenvalue weighted by molar-refractivity contribution is -0.118. The number of phenols is 1. The minimum absolute atomic E-state index is 0.0368. The van der Waals surface area contributed by atoms with Crippen molar-refractivity contribution in [1.82, 2.24) is 4.90 Å². The molecule has 1 atom stereocenters. The maximum absolute atomic E-state index is 13.5. The summed E-state index contributed by atoms with van der Waals surface area (Å²) in [5, 5.41) is 10.6. The zero-order valence-corrected chi connectivity index (χ0v) is 18.1. The second-order valence-electron chi connectivity index (χ2n) is 8.41. The van der Waals surface area contributed by atoms with Gasteiger partial charge in [0.05, 0.1) is 17.0 Å². The summed E-state index contributed by atoms with van der Waals surface area (Å²) in [7, 11) is 0. The van der Waals surface area contributed by atoms with Gasteiger partial charge in [-0.1, -0.05) is 30.3 Å². The topological polar surface area (TPSA) is 96.4 Å². The molecule has 0 radical (unpaired) electrons. The number of hydrogen-bond acceptors (Lipinski definition) is 6. The van der Waals surface area contributed by atoms with E-state index < -0.39 is 5.92 Å². The lowest BCUT2D eigenvalue weighted by Crippen LogP contribution is -2.35. The standard InChI is InChI=1S/C26H20N2O6/c29-20-13-22-21(33-14-34-22)12-18(20)23-17-8-3-4-9-19(17)27(26(23)32)10-5-11-28-24(30)15-6-1-2-7-16(15)25(28)31/h1-4,6-9,12-13,23,29H,5,10-11,14H2. The van der Waals surface area contributed by atoms with Crippen molar-refractivity contribution in [3.8, 4) is 17.2 Å². The third-order valence-corrected chi connectivity index (χ3v) is 6.53. The molecule has 8 heteroatoms. The number of benzene rings is 3. The third kappa shape index (κ3) is 2.95. The highest BCUT2D eigenvalue weighted by Crippen LogP contribution is 2.47. The van der Waals surface area contributed by atoms with Gasteiger partial charge < -0.3 is 19.5 Å². The Balaban J connectivity index is 1.24. The SMILES string of the molecule is O=C1c2ccccc2C(=O)N1CCCN1C(=O)C(c2cc3c(cc2O)OCO3)c2ccccc21. The minimum atomic E-state index is -0.690. The van der Waals surface area contributed by atoms with E-state index in [0.29, 0.717) is 41.2 Å². The number of phenolic OH excluding ortho intramolecular Hbond substituents is 1. The highest BCUT2D eigenvalue weighted by Gasteiger charge is 2.40. The smallest absolute Gasteiger partial charge is 0.261 e. The molecular formula is C26H20N2O6. The van der Waals surface area contributed by atoms with Gasteiger partial charge in [-0.2, -0.15) is 0 Å². The first-order valence-corrected chi connectivity index (χ1v) is 11.0. The van der Waals surface area contributed by atoms with Crippen LogP contribution in [-0.2, 0) is 4.79 Å². The fourth-order valence-corrected chi connectivity index (χ4v) is 4.92. The number of carbonyl (C=O) groups excluding carboxylic acids is 3. The zero-order valence-electron chi connectivity index (χ0n) is 18.1. The van der Waals surface area contributed by atoms with Gasteiger partial charge in [0, 0.05) is 30.4 Å². The molecule has 8 nitrogen and oxygen atoms in total. The number of para-hydroxylation sites is 1. The summed E-state index contributed by atoms with van der Waals surface area (Å²) in [5.74, 6) is -0.596. The van der Waals surface area contributed by atoms with Crippen LogP contribution in [-0.4, -0.2) is 47.6 Å². The van der Waals surface area contributed by atoms with Gasteiger partial charge in [-0.25, -0.2) is 0 Å². The Hall–Kier alpha value is -4.33. The molecule has 0 saturated heterocycles. The number of aromatic hydroxyl groups is 1. The first kappa shape index (κ1) is 20.3. The number of carbonyl (C=O) groups is 3. The molecule has 3 aliphatic rings. The average Bonchev–Trinajstić information content (AvgIpc) is 3.48. The molecule has 0 saturated carbocycles. The number of imide groups is 1. The van der Waals surface area contributed by atoms with Crippen molar-refractivity contribution in [2.24, 2.45) is 0 Å². The fraction of sp³-hybridized carbons (Fsp3) is 0.192. The van der Waals surface area contributed by atoms with Gasteiger partial charge in [0.15, 0.2) is 11.5 Å². The molecule has 6 rings (SSSR count). The lowest BCUT2D eigenvalue weighted by atomic mass is 9.91. The van der Waals surface area contributed by atoms with Crippen molar-refractivity contribution in [2.75, 3.05) is 24.8 Å². The Labute approximate surface area is 194 Å². The van der Waals surface area contributed by atoms with Crippen LogP contribution in [0.3, 0.4) is 0 Å². The molecule has 1 unspecified atom stereocenters. The molecule has 3 aliphatic heterocycles. The molecule has 0 aromatic heterocycles. The van der Waals surface area contributed by atoms with Crippen molar-refractivity contribution in [3.05, 3.63) is 82.9 Å². The molecule has 3 aromatic rings. The Bertz CT molecular complexity index is 1330. The normalized spacial score (nSPS) is 18.0. The summed E-state index contributed by atoms with van der Waals surface area (Å²) < 4.78 is 10.8. The summed E-state index contributed by atoms with van der Waals surface area (Å²) in [4.78, 5) is 41.7. The van der Waals surface area contributed by atoms with E-state index in [-0.39, 0.29) is 36.8 Å². The van der Waals surface area contributed by atoms with Crippen LogP contribution in [0.1, 0.15) is 44.2 Å². The number of nitrogens with zero attached hydrogens (tertiary/aromatic N) is 2. The van der Waals surface area contributed by atoms with Gasteiger partial charge in [-0.05, 0) is 36.2 Å². The van der Waals surface area contributed by atoms with Crippen LogP contribution in [0, 0.1) is 0 Å². The van der Waals surface area contributed by atoms with E-state index >= 15 is 0 Å². The molecule has 3 amide bonds.